The highest BCUT2D eigenvalue weighted by molar-refractivity contribution is 5.73. The Morgan fingerprint density at radius 2 is 1.83 bits per heavy atom. The average molecular weight is 407 g/mol. The van der Waals surface area contributed by atoms with Crippen molar-refractivity contribution < 1.29 is 14.3 Å². The third-order valence-electron chi connectivity index (χ3n) is 6.33. The molecule has 2 aromatic carbocycles. The van der Waals surface area contributed by atoms with Crippen LogP contribution in [0.1, 0.15) is 42.4 Å². The van der Waals surface area contributed by atoms with Crippen molar-refractivity contribution in [2.75, 3.05) is 26.2 Å². The maximum Gasteiger partial charge on any atom is 0.219 e. The Morgan fingerprint density at radius 3 is 2.53 bits per heavy atom. The van der Waals surface area contributed by atoms with E-state index in [1.807, 2.05) is 29.2 Å². The summed E-state index contributed by atoms with van der Waals surface area (Å²) < 4.78 is 13.7. The molecule has 0 spiro atoms. The van der Waals surface area contributed by atoms with Crippen LogP contribution in [-0.4, -0.2) is 59.1 Å². The highest BCUT2D eigenvalue weighted by atomic mass is 19.1. The van der Waals surface area contributed by atoms with Crippen LogP contribution in [0.5, 0.6) is 0 Å². The predicted octanol–water partition coefficient (Wildman–Crippen LogP) is 3.00. The number of amides is 1. The monoisotopic (exact) mass is 406 g/mol. The van der Waals surface area contributed by atoms with E-state index < -0.39 is 0 Å². The smallest absolute Gasteiger partial charge is 0.219 e. The summed E-state index contributed by atoms with van der Waals surface area (Å²) in [4.78, 5) is 16.3. The fraction of sp³-hybridized carbons (Fsp3) is 0.400. The summed E-state index contributed by atoms with van der Waals surface area (Å²) in [5, 5.41) is 10.0. The molecule has 0 radical (unpaired) electrons. The quantitative estimate of drug-likeness (QED) is 0.780. The molecule has 2 aliphatic rings. The van der Waals surface area contributed by atoms with Gasteiger partial charge in [0.2, 0.25) is 5.91 Å². The van der Waals surface area contributed by atoms with Gasteiger partial charge in [-0.1, -0.05) is 36.1 Å². The molecule has 156 valence electrons. The van der Waals surface area contributed by atoms with Gasteiger partial charge in [-0.3, -0.25) is 9.69 Å². The molecule has 0 aromatic heterocycles. The molecule has 0 unspecified atom stereocenters. The molecular formula is C25H27FN2O2. The van der Waals surface area contributed by atoms with Crippen LogP contribution in [-0.2, 0) is 4.79 Å². The van der Waals surface area contributed by atoms with Gasteiger partial charge in [0.15, 0.2) is 0 Å². The van der Waals surface area contributed by atoms with Gasteiger partial charge >= 0.3 is 0 Å². The number of carbonyl (C=O) groups is 1. The van der Waals surface area contributed by atoms with Gasteiger partial charge in [0.1, 0.15) is 5.82 Å². The van der Waals surface area contributed by atoms with Crippen LogP contribution in [0.15, 0.2) is 48.5 Å². The number of benzene rings is 2. The van der Waals surface area contributed by atoms with Gasteiger partial charge in [-0.2, -0.15) is 0 Å². The van der Waals surface area contributed by atoms with E-state index in [1.54, 1.807) is 25.1 Å². The highest BCUT2D eigenvalue weighted by Gasteiger charge is 2.49. The standard InChI is InChI=1S/C25H27FN2O2/c1-18(30)27-14-4-5-15-28-23(16-27)25(24(28)17-29)21-12-9-19(10-13-21)8-11-20-6-2-3-7-22(20)26/h2-3,6-7,9-10,12-13,23-25,29H,4-5,14-17H2,1H3/t23-,24+,25-/m1/s1. The van der Waals surface area contributed by atoms with Gasteiger partial charge in [-0.15, -0.1) is 0 Å². The number of aliphatic hydroxyl groups is 1. The van der Waals surface area contributed by atoms with Crippen LogP contribution < -0.4 is 0 Å². The number of hydrogen-bond donors (Lipinski definition) is 1. The molecule has 2 aliphatic heterocycles. The van der Waals surface area contributed by atoms with Crippen molar-refractivity contribution >= 4 is 5.91 Å². The molecule has 4 rings (SSSR count). The van der Waals surface area contributed by atoms with E-state index >= 15 is 0 Å². The molecule has 2 fully saturated rings. The van der Waals surface area contributed by atoms with Crippen LogP contribution in [0.4, 0.5) is 4.39 Å². The summed E-state index contributed by atoms with van der Waals surface area (Å²) in [5.74, 6) is 5.89. The van der Waals surface area contributed by atoms with E-state index in [-0.39, 0.29) is 36.3 Å². The zero-order valence-electron chi connectivity index (χ0n) is 17.2. The summed E-state index contributed by atoms with van der Waals surface area (Å²) in [6.07, 6.45) is 2.04. The fourth-order valence-electron chi connectivity index (χ4n) is 4.72. The fourth-order valence-corrected chi connectivity index (χ4v) is 4.72. The van der Waals surface area contributed by atoms with Crippen molar-refractivity contribution in [1.82, 2.24) is 9.80 Å². The van der Waals surface area contributed by atoms with Crippen LogP contribution >= 0.6 is 0 Å². The Balaban J connectivity index is 1.54. The minimum Gasteiger partial charge on any atom is -0.395 e. The first-order valence-electron chi connectivity index (χ1n) is 10.6. The molecule has 4 nitrogen and oxygen atoms in total. The second-order valence-electron chi connectivity index (χ2n) is 8.10. The lowest BCUT2D eigenvalue weighted by molar-refractivity contribution is -0.134. The van der Waals surface area contributed by atoms with Crippen LogP contribution in [0.25, 0.3) is 0 Å². The average Bonchev–Trinajstić information content (AvgIpc) is 2.72. The molecule has 3 atom stereocenters. The van der Waals surface area contributed by atoms with Crippen LogP contribution in [0.3, 0.4) is 0 Å². The molecule has 2 saturated heterocycles. The summed E-state index contributed by atoms with van der Waals surface area (Å²) in [6, 6.07) is 14.8. The first-order chi connectivity index (χ1) is 14.6. The second kappa shape index (κ2) is 8.99. The minimum absolute atomic E-state index is 0.0808. The molecule has 0 saturated carbocycles. The molecule has 30 heavy (non-hydrogen) atoms. The first kappa shape index (κ1) is 20.6. The number of hydrogen-bond acceptors (Lipinski definition) is 3. The summed E-state index contributed by atoms with van der Waals surface area (Å²) in [7, 11) is 0. The minimum atomic E-state index is -0.318. The van der Waals surface area contributed by atoms with E-state index in [0.717, 1.165) is 37.1 Å². The molecule has 1 amide bonds. The van der Waals surface area contributed by atoms with Gasteiger partial charge in [0.05, 0.1) is 12.2 Å². The Hall–Kier alpha value is -2.68. The number of carbonyl (C=O) groups excluding carboxylic acids is 1. The van der Waals surface area contributed by atoms with Crippen LogP contribution in [0, 0.1) is 17.7 Å². The predicted molar refractivity (Wildman–Crippen MR) is 114 cm³/mol. The maximum absolute atomic E-state index is 13.7. The number of aliphatic hydroxyl groups excluding tert-OH is 1. The Kier molecular flexibility index (Phi) is 6.17. The van der Waals surface area contributed by atoms with Gasteiger partial charge in [-0.05, 0) is 49.2 Å². The third-order valence-corrected chi connectivity index (χ3v) is 6.33. The normalized spacial score (nSPS) is 24.0. The number of nitrogens with zero attached hydrogens (tertiary/aromatic N) is 2. The van der Waals surface area contributed by atoms with Crippen molar-refractivity contribution in [3.63, 3.8) is 0 Å². The number of halogens is 1. The molecule has 0 bridgehead atoms. The van der Waals surface area contributed by atoms with E-state index in [1.165, 1.54) is 6.07 Å². The Labute approximate surface area is 177 Å². The zero-order chi connectivity index (χ0) is 21.1. The topological polar surface area (TPSA) is 43.8 Å². The molecule has 0 aliphatic carbocycles. The van der Waals surface area contributed by atoms with Gasteiger partial charge in [0, 0.05) is 43.6 Å². The third kappa shape index (κ3) is 4.12. The van der Waals surface area contributed by atoms with Crippen molar-refractivity contribution in [3.8, 4) is 11.8 Å². The van der Waals surface area contributed by atoms with E-state index in [4.69, 9.17) is 0 Å². The van der Waals surface area contributed by atoms with Gasteiger partial charge in [0.25, 0.3) is 0 Å². The largest absolute Gasteiger partial charge is 0.395 e. The molecule has 2 heterocycles. The Morgan fingerprint density at radius 1 is 1.10 bits per heavy atom. The second-order valence-corrected chi connectivity index (χ2v) is 8.10. The van der Waals surface area contributed by atoms with Crippen LogP contribution in [0.2, 0.25) is 0 Å². The molecular weight excluding hydrogens is 379 g/mol. The van der Waals surface area contributed by atoms with Crippen molar-refractivity contribution in [2.24, 2.45) is 0 Å². The van der Waals surface area contributed by atoms with E-state index in [0.29, 0.717) is 12.1 Å². The van der Waals surface area contributed by atoms with Gasteiger partial charge < -0.3 is 10.0 Å². The van der Waals surface area contributed by atoms with Crippen molar-refractivity contribution in [3.05, 3.63) is 71.0 Å². The Bertz CT molecular complexity index is 963. The molecule has 1 N–H and O–H groups in total. The number of fused-ring (bicyclic) bond motifs is 1. The van der Waals surface area contributed by atoms with Gasteiger partial charge in [-0.25, -0.2) is 4.39 Å². The van der Waals surface area contributed by atoms with E-state index in [9.17, 15) is 14.3 Å². The summed E-state index contributed by atoms with van der Waals surface area (Å²) >= 11 is 0. The maximum atomic E-state index is 13.7. The van der Waals surface area contributed by atoms with Crippen molar-refractivity contribution in [1.29, 1.82) is 0 Å². The lowest BCUT2D eigenvalue weighted by atomic mass is 9.74. The molecule has 5 heteroatoms. The van der Waals surface area contributed by atoms with Crippen molar-refractivity contribution in [2.45, 2.75) is 37.8 Å². The number of rotatable bonds is 2. The van der Waals surface area contributed by atoms with E-state index in [2.05, 4.69) is 16.7 Å². The lowest BCUT2D eigenvalue weighted by Crippen LogP contribution is -2.67. The zero-order valence-corrected chi connectivity index (χ0v) is 17.2. The molecule has 2 aromatic rings. The summed E-state index contributed by atoms with van der Waals surface area (Å²) in [6.45, 7) is 4.21. The lowest BCUT2D eigenvalue weighted by Gasteiger charge is -2.57. The summed E-state index contributed by atoms with van der Waals surface area (Å²) in [5.41, 5.74) is 2.35. The highest BCUT2D eigenvalue weighted by Crippen LogP contribution is 2.41. The first-order valence-corrected chi connectivity index (χ1v) is 10.6. The SMILES string of the molecule is CC(=O)N1CCCCN2[C@H](C1)[C@@H](c1ccc(C#Cc3ccccc3F)cc1)[C@@H]2CO.